The van der Waals surface area contributed by atoms with Crippen LogP contribution in [0.2, 0.25) is 0 Å². The van der Waals surface area contributed by atoms with Crippen molar-refractivity contribution in [3.63, 3.8) is 0 Å². The van der Waals surface area contributed by atoms with E-state index in [4.69, 9.17) is 9.54 Å². The minimum atomic E-state index is -4.42. The molecule has 0 bridgehead atoms. The molecule has 1 unspecified atom stereocenters. The first-order chi connectivity index (χ1) is 17.6. The van der Waals surface area contributed by atoms with E-state index in [9.17, 15) is 22.2 Å². The van der Waals surface area contributed by atoms with Crippen LogP contribution in [0.25, 0.3) is 33.3 Å². The van der Waals surface area contributed by atoms with Gasteiger partial charge in [-0.15, -0.1) is 0 Å². The summed E-state index contributed by atoms with van der Waals surface area (Å²) < 4.78 is 64.7. The van der Waals surface area contributed by atoms with Gasteiger partial charge in [0.2, 0.25) is 11.3 Å². The van der Waals surface area contributed by atoms with Crippen LogP contribution < -0.4 is 10.3 Å². The number of nitrogens with zero attached hydrogens (tertiary/aromatic N) is 4. The van der Waals surface area contributed by atoms with Gasteiger partial charge in [-0.1, -0.05) is 12.1 Å². The summed E-state index contributed by atoms with van der Waals surface area (Å²) in [5, 5.41) is 0.685. The normalized spacial score (nSPS) is 13.0. The van der Waals surface area contributed by atoms with Crippen LogP contribution in [0, 0.1) is 0 Å². The summed E-state index contributed by atoms with van der Waals surface area (Å²) in [6.07, 6.45) is 0.861. The number of pyridine rings is 2. The lowest BCUT2D eigenvalue weighted by Crippen LogP contribution is -2.19. The molecule has 5 rings (SSSR count). The van der Waals surface area contributed by atoms with Crippen molar-refractivity contribution in [2.75, 3.05) is 6.54 Å². The first kappa shape index (κ1) is 24.9. The Kier molecular flexibility index (Phi) is 6.43. The highest BCUT2D eigenvalue weighted by Crippen LogP contribution is 2.31. The molecule has 0 radical (unpaired) electrons. The molecule has 192 valence electrons. The standard InChI is InChI=1S/C24H21F3N6O3S/c1-32-12-18(17-7-8-28-21(17)23(32)34)19-10-15(6-9-30-37(35)36)20-22(31-19)33(13-29-20)11-14-2-4-16(5-3-14)24(25,26)27/h2-5,7-8,10,12-13,28,30H,6,9,11H2,1H3,(H,35,36). The van der Waals surface area contributed by atoms with E-state index < -0.39 is 23.0 Å². The number of aromatic nitrogens is 5. The van der Waals surface area contributed by atoms with Gasteiger partial charge >= 0.3 is 6.18 Å². The predicted molar refractivity (Wildman–Crippen MR) is 133 cm³/mol. The topological polar surface area (TPSA) is 118 Å². The maximum atomic E-state index is 13.0. The maximum Gasteiger partial charge on any atom is 0.416 e. The SMILES string of the molecule is Cn1cc(-c2cc(CCNS(=O)O)c3ncn(Cc4ccc(C(F)(F)F)cc4)c3n2)c2cc[nH]c2c1=O. The fourth-order valence-corrected chi connectivity index (χ4v) is 4.56. The molecule has 4 heterocycles. The predicted octanol–water partition coefficient (Wildman–Crippen LogP) is 3.61. The molecule has 1 aromatic carbocycles. The van der Waals surface area contributed by atoms with Crippen molar-refractivity contribution in [3.8, 4) is 11.3 Å². The summed E-state index contributed by atoms with van der Waals surface area (Å²) in [5.41, 5.74) is 3.21. The first-order valence-corrected chi connectivity index (χ1v) is 12.2. The van der Waals surface area contributed by atoms with Crippen LogP contribution in [0.3, 0.4) is 0 Å². The van der Waals surface area contributed by atoms with E-state index in [0.29, 0.717) is 45.3 Å². The molecule has 9 nitrogen and oxygen atoms in total. The van der Waals surface area contributed by atoms with Crippen LogP contribution in [0.4, 0.5) is 13.2 Å². The van der Waals surface area contributed by atoms with Crippen LogP contribution in [0.15, 0.2) is 59.9 Å². The number of hydrogen-bond acceptors (Lipinski definition) is 4. The Morgan fingerprint density at radius 3 is 2.65 bits per heavy atom. The smallest absolute Gasteiger partial charge is 0.357 e. The molecular weight excluding hydrogens is 509 g/mol. The Labute approximate surface area is 210 Å². The van der Waals surface area contributed by atoms with Crippen molar-refractivity contribution in [2.45, 2.75) is 19.1 Å². The Balaban J connectivity index is 1.62. The van der Waals surface area contributed by atoms with E-state index in [1.807, 2.05) is 6.07 Å². The van der Waals surface area contributed by atoms with Crippen molar-refractivity contribution >= 4 is 33.3 Å². The second-order valence-electron chi connectivity index (χ2n) is 8.52. The summed E-state index contributed by atoms with van der Waals surface area (Å²) in [4.78, 5) is 24.8. The molecule has 0 saturated heterocycles. The number of aryl methyl sites for hydroxylation is 1. The zero-order valence-corrected chi connectivity index (χ0v) is 20.2. The summed E-state index contributed by atoms with van der Waals surface area (Å²) >= 11 is -2.18. The highest BCUT2D eigenvalue weighted by atomic mass is 32.2. The number of hydrogen-bond donors (Lipinski definition) is 3. The number of halogens is 3. The fourth-order valence-electron chi connectivity index (χ4n) is 4.29. The summed E-state index contributed by atoms with van der Waals surface area (Å²) in [5.74, 6) is 0. The van der Waals surface area contributed by atoms with E-state index in [1.165, 1.54) is 16.7 Å². The van der Waals surface area contributed by atoms with Crippen LogP contribution in [-0.2, 0) is 37.5 Å². The van der Waals surface area contributed by atoms with Gasteiger partial charge in [-0.3, -0.25) is 9.35 Å². The minimum Gasteiger partial charge on any atom is -0.357 e. The molecule has 0 aliphatic heterocycles. The van der Waals surface area contributed by atoms with Crippen LogP contribution in [-0.4, -0.2) is 39.4 Å². The highest BCUT2D eigenvalue weighted by Gasteiger charge is 2.30. The molecule has 1 atom stereocenters. The lowest BCUT2D eigenvalue weighted by molar-refractivity contribution is -0.137. The zero-order chi connectivity index (χ0) is 26.3. The highest BCUT2D eigenvalue weighted by molar-refractivity contribution is 7.77. The van der Waals surface area contributed by atoms with E-state index >= 15 is 0 Å². The maximum absolute atomic E-state index is 13.0. The van der Waals surface area contributed by atoms with E-state index in [2.05, 4.69) is 14.7 Å². The van der Waals surface area contributed by atoms with Gasteiger partial charge in [0, 0.05) is 36.9 Å². The van der Waals surface area contributed by atoms with Gasteiger partial charge in [-0.25, -0.2) is 18.9 Å². The van der Waals surface area contributed by atoms with Gasteiger partial charge in [0.05, 0.1) is 24.1 Å². The Morgan fingerprint density at radius 2 is 1.95 bits per heavy atom. The molecule has 4 aromatic heterocycles. The Morgan fingerprint density at radius 1 is 1.19 bits per heavy atom. The number of alkyl halides is 3. The van der Waals surface area contributed by atoms with Crippen LogP contribution in [0.5, 0.6) is 0 Å². The molecule has 0 spiro atoms. The van der Waals surface area contributed by atoms with Gasteiger partial charge in [-0.05, 0) is 41.8 Å². The zero-order valence-electron chi connectivity index (χ0n) is 19.4. The lowest BCUT2D eigenvalue weighted by atomic mass is 10.0. The third kappa shape index (κ3) is 4.92. The second-order valence-corrected chi connectivity index (χ2v) is 9.31. The molecule has 0 aliphatic rings. The average molecular weight is 531 g/mol. The Bertz CT molecular complexity index is 1690. The van der Waals surface area contributed by atoms with Crippen LogP contribution >= 0.6 is 0 Å². The molecular formula is C24H21F3N6O3S. The fraction of sp³-hybridized carbons (Fsp3) is 0.208. The quantitative estimate of drug-likeness (QED) is 0.278. The van der Waals surface area contributed by atoms with Crippen molar-refractivity contribution < 1.29 is 21.9 Å². The number of rotatable bonds is 7. The van der Waals surface area contributed by atoms with Gasteiger partial charge in [0.1, 0.15) is 11.0 Å². The number of benzene rings is 1. The van der Waals surface area contributed by atoms with Gasteiger partial charge < -0.3 is 14.1 Å². The minimum absolute atomic E-state index is 0.188. The summed E-state index contributed by atoms with van der Waals surface area (Å²) in [7, 11) is 1.64. The number of H-pyrrole nitrogens is 1. The molecule has 3 N–H and O–H groups in total. The van der Waals surface area contributed by atoms with E-state index in [-0.39, 0.29) is 18.6 Å². The number of fused-ring (bicyclic) bond motifs is 2. The number of aromatic amines is 1. The number of imidazole rings is 1. The van der Waals surface area contributed by atoms with Crippen molar-refractivity contribution in [1.82, 2.24) is 28.8 Å². The van der Waals surface area contributed by atoms with Gasteiger partial charge in [0.15, 0.2) is 5.65 Å². The number of nitrogens with one attached hydrogen (secondary N) is 2. The first-order valence-electron chi connectivity index (χ1n) is 11.1. The molecule has 37 heavy (non-hydrogen) atoms. The van der Waals surface area contributed by atoms with Crippen molar-refractivity contribution in [2.24, 2.45) is 7.05 Å². The summed E-state index contributed by atoms with van der Waals surface area (Å²) in [6, 6.07) is 8.51. The van der Waals surface area contributed by atoms with Gasteiger partial charge in [0.25, 0.3) is 5.56 Å². The molecule has 5 aromatic rings. The van der Waals surface area contributed by atoms with E-state index in [1.54, 1.807) is 36.4 Å². The largest absolute Gasteiger partial charge is 0.416 e. The van der Waals surface area contributed by atoms with Crippen molar-refractivity contribution in [3.05, 3.63) is 82.2 Å². The van der Waals surface area contributed by atoms with Gasteiger partial charge in [-0.2, -0.15) is 13.2 Å². The molecule has 13 heteroatoms. The third-order valence-corrected chi connectivity index (χ3v) is 6.53. The average Bonchev–Trinajstić information content (AvgIpc) is 3.49. The second kappa shape index (κ2) is 9.57. The lowest BCUT2D eigenvalue weighted by Gasteiger charge is -2.12. The van der Waals surface area contributed by atoms with Crippen LogP contribution in [0.1, 0.15) is 16.7 Å². The molecule has 0 aliphatic carbocycles. The van der Waals surface area contributed by atoms with Crippen molar-refractivity contribution in [1.29, 1.82) is 0 Å². The molecule has 0 amide bonds. The monoisotopic (exact) mass is 530 g/mol. The molecule has 0 fully saturated rings. The Hall–Kier alpha value is -3.81. The summed E-state index contributed by atoms with van der Waals surface area (Å²) in [6.45, 7) is 0.427. The van der Waals surface area contributed by atoms with E-state index in [0.717, 1.165) is 17.7 Å². The molecule has 0 saturated carbocycles. The third-order valence-electron chi connectivity index (χ3n) is 6.08.